The Balaban J connectivity index is 1.83. The van der Waals surface area contributed by atoms with Crippen LogP contribution in [0.2, 0.25) is 0 Å². The third-order valence-electron chi connectivity index (χ3n) is 3.41. The van der Waals surface area contributed by atoms with Gasteiger partial charge in [0, 0.05) is 24.7 Å². The normalized spacial score (nSPS) is 16.7. The van der Waals surface area contributed by atoms with Crippen LogP contribution in [-0.4, -0.2) is 29.5 Å². The van der Waals surface area contributed by atoms with E-state index >= 15 is 0 Å². The number of hydrogen-bond acceptors (Lipinski definition) is 4. The van der Waals surface area contributed by atoms with Gasteiger partial charge >= 0.3 is 0 Å². The van der Waals surface area contributed by atoms with E-state index in [2.05, 4.69) is 10.4 Å². The molecule has 5 nitrogen and oxygen atoms in total. The van der Waals surface area contributed by atoms with Crippen LogP contribution < -0.4 is 15.6 Å². The fraction of sp³-hybridized carbons (Fsp3) is 0.692. The average molecular weight is 251 g/mol. The Morgan fingerprint density at radius 2 is 2.17 bits per heavy atom. The predicted octanol–water partition coefficient (Wildman–Crippen LogP) is 1.17. The highest BCUT2D eigenvalue weighted by atomic mass is 16.5. The minimum Gasteiger partial charge on any atom is -0.480 e. The quantitative estimate of drug-likeness (QED) is 0.853. The van der Waals surface area contributed by atoms with Crippen molar-refractivity contribution in [2.75, 3.05) is 13.7 Å². The lowest BCUT2D eigenvalue weighted by Gasteiger charge is -2.22. The van der Waals surface area contributed by atoms with Crippen molar-refractivity contribution in [1.29, 1.82) is 0 Å². The van der Waals surface area contributed by atoms with Gasteiger partial charge in [-0.3, -0.25) is 4.79 Å². The van der Waals surface area contributed by atoms with Crippen molar-refractivity contribution in [2.24, 2.45) is 0 Å². The molecular weight excluding hydrogens is 230 g/mol. The average Bonchev–Trinajstić information content (AvgIpc) is 2.42. The van der Waals surface area contributed by atoms with E-state index in [4.69, 9.17) is 4.74 Å². The molecule has 1 N–H and O–H groups in total. The van der Waals surface area contributed by atoms with Gasteiger partial charge in [-0.15, -0.1) is 5.10 Å². The molecule has 1 aliphatic rings. The van der Waals surface area contributed by atoms with E-state index in [0.29, 0.717) is 18.5 Å². The van der Waals surface area contributed by atoms with Crippen molar-refractivity contribution < 1.29 is 4.74 Å². The van der Waals surface area contributed by atoms with Crippen molar-refractivity contribution in [2.45, 2.75) is 44.7 Å². The highest BCUT2D eigenvalue weighted by Gasteiger charge is 2.12. The van der Waals surface area contributed by atoms with Crippen LogP contribution >= 0.6 is 0 Å². The summed E-state index contributed by atoms with van der Waals surface area (Å²) in [4.78, 5) is 11.6. The highest BCUT2D eigenvalue weighted by Crippen LogP contribution is 2.16. The minimum atomic E-state index is -0.0822. The molecule has 0 radical (unpaired) electrons. The van der Waals surface area contributed by atoms with Gasteiger partial charge in [-0.1, -0.05) is 19.3 Å². The molecule has 0 bridgehead atoms. The number of aromatic nitrogens is 2. The Labute approximate surface area is 107 Å². The molecule has 2 rings (SSSR count). The van der Waals surface area contributed by atoms with Gasteiger partial charge in [-0.05, 0) is 12.8 Å². The monoisotopic (exact) mass is 251 g/mol. The van der Waals surface area contributed by atoms with Crippen LogP contribution in [0.15, 0.2) is 16.9 Å². The van der Waals surface area contributed by atoms with Gasteiger partial charge in [0.25, 0.3) is 5.56 Å². The van der Waals surface area contributed by atoms with Gasteiger partial charge in [0.15, 0.2) is 0 Å². The molecule has 1 aromatic rings. The van der Waals surface area contributed by atoms with E-state index in [1.807, 2.05) is 0 Å². The molecule has 1 saturated carbocycles. The maximum absolute atomic E-state index is 11.6. The molecule has 1 fully saturated rings. The molecule has 1 aromatic heterocycles. The fourth-order valence-corrected chi connectivity index (χ4v) is 2.38. The van der Waals surface area contributed by atoms with Crippen LogP contribution in [0.25, 0.3) is 0 Å². The topological polar surface area (TPSA) is 56.1 Å². The standard InChI is InChI=1S/C13H21N3O2/c1-18-12-7-8-13(17)16(15-12)10-9-14-11-5-3-2-4-6-11/h7-8,11,14H,2-6,9-10H2,1H3. The lowest BCUT2D eigenvalue weighted by atomic mass is 9.95. The van der Waals surface area contributed by atoms with Gasteiger partial charge in [-0.2, -0.15) is 0 Å². The summed E-state index contributed by atoms with van der Waals surface area (Å²) >= 11 is 0. The fourth-order valence-electron chi connectivity index (χ4n) is 2.38. The molecule has 100 valence electrons. The van der Waals surface area contributed by atoms with Crippen molar-refractivity contribution in [3.63, 3.8) is 0 Å². The van der Waals surface area contributed by atoms with Crippen molar-refractivity contribution >= 4 is 0 Å². The summed E-state index contributed by atoms with van der Waals surface area (Å²) < 4.78 is 6.47. The van der Waals surface area contributed by atoms with E-state index in [1.54, 1.807) is 13.2 Å². The largest absolute Gasteiger partial charge is 0.480 e. The Kier molecular flexibility index (Phi) is 4.75. The van der Waals surface area contributed by atoms with Gasteiger partial charge in [-0.25, -0.2) is 4.68 Å². The third kappa shape index (κ3) is 3.57. The van der Waals surface area contributed by atoms with Crippen LogP contribution in [-0.2, 0) is 6.54 Å². The molecule has 5 heteroatoms. The lowest BCUT2D eigenvalue weighted by Crippen LogP contribution is -2.35. The molecule has 1 aliphatic carbocycles. The smallest absolute Gasteiger partial charge is 0.267 e. The SMILES string of the molecule is COc1ccc(=O)n(CCNC2CCCCC2)n1. The number of rotatable bonds is 5. The first-order valence-electron chi connectivity index (χ1n) is 6.65. The van der Waals surface area contributed by atoms with E-state index in [1.165, 1.54) is 42.9 Å². The van der Waals surface area contributed by atoms with Gasteiger partial charge in [0.2, 0.25) is 5.88 Å². The summed E-state index contributed by atoms with van der Waals surface area (Å²) in [6, 6.07) is 3.69. The van der Waals surface area contributed by atoms with Crippen LogP contribution in [0.5, 0.6) is 5.88 Å². The van der Waals surface area contributed by atoms with Crippen LogP contribution in [0.3, 0.4) is 0 Å². The third-order valence-corrected chi connectivity index (χ3v) is 3.41. The number of methoxy groups -OCH3 is 1. The van der Waals surface area contributed by atoms with E-state index in [9.17, 15) is 4.79 Å². The molecule has 0 saturated heterocycles. The number of ether oxygens (including phenoxy) is 1. The second-order valence-electron chi connectivity index (χ2n) is 4.73. The Bertz CT molecular complexity index is 424. The van der Waals surface area contributed by atoms with Crippen molar-refractivity contribution in [1.82, 2.24) is 15.1 Å². The van der Waals surface area contributed by atoms with E-state index in [0.717, 1.165) is 6.54 Å². The second kappa shape index (κ2) is 6.54. The summed E-state index contributed by atoms with van der Waals surface area (Å²) in [7, 11) is 1.55. The van der Waals surface area contributed by atoms with E-state index < -0.39 is 0 Å². The summed E-state index contributed by atoms with van der Waals surface area (Å²) in [5.41, 5.74) is -0.0822. The van der Waals surface area contributed by atoms with Crippen LogP contribution in [0, 0.1) is 0 Å². The Hall–Kier alpha value is -1.36. The predicted molar refractivity (Wildman–Crippen MR) is 69.9 cm³/mol. The lowest BCUT2D eigenvalue weighted by molar-refractivity contribution is 0.351. The zero-order chi connectivity index (χ0) is 12.8. The number of hydrogen-bond donors (Lipinski definition) is 1. The maximum atomic E-state index is 11.6. The highest BCUT2D eigenvalue weighted by molar-refractivity contribution is 5.05. The molecule has 1 heterocycles. The van der Waals surface area contributed by atoms with Gasteiger partial charge in [0.05, 0.1) is 13.7 Å². The van der Waals surface area contributed by atoms with Crippen LogP contribution in [0.4, 0.5) is 0 Å². The molecule has 0 aliphatic heterocycles. The molecule has 0 amide bonds. The van der Waals surface area contributed by atoms with Gasteiger partial charge < -0.3 is 10.1 Å². The zero-order valence-corrected chi connectivity index (χ0v) is 10.9. The zero-order valence-electron chi connectivity index (χ0n) is 10.9. The first-order chi connectivity index (χ1) is 8.79. The summed E-state index contributed by atoms with van der Waals surface area (Å²) in [6.45, 7) is 1.37. The first-order valence-corrected chi connectivity index (χ1v) is 6.65. The summed E-state index contributed by atoms with van der Waals surface area (Å²) in [5, 5.41) is 7.61. The molecular formula is C13H21N3O2. The second-order valence-corrected chi connectivity index (χ2v) is 4.73. The number of nitrogens with one attached hydrogen (secondary N) is 1. The number of nitrogens with zero attached hydrogens (tertiary/aromatic N) is 2. The molecule has 0 unspecified atom stereocenters. The van der Waals surface area contributed by atoms with Crippen molar-refractivity contribution in [3.8, 4) is 5.88 Å². The summed E-state index contributed by atoms with van der Waals surface area (Å²) in [6.07, 6.45) is 6.49. The minimum absolute atomic E-state index is 0.0822. The summed E-state index contributed by atoms with van der Waals surface area (Å²) in [5.74, 6) is 0.479. The maximum Gasteiger partial charge on any atom is 0.267 e. The van der Waals surface area contributed by atoms with Gasteiger partial charge in [0.1, 0.15) is 0 Å². The Morgan fingerprint density at radius 1 is 1.39 bits per heavy atom. The Morgan fingerprint density at radius 3 is 2.89 bits per heavy atom. The molecule has 0 atom stereocenters. The molecule has 18 heavy (non-hydrogen) atoms. The molecule has 0 spiro atoms. The van der Waals surface area contributed by atoms with Crippen molar-refractivity contribution in [3.05, 3.63) is 22.5 Å². The van der Waals surface area contributed by atoms with Crippen LogP contribution in [0.1, 0.15) is 32.1 Å². The molecule has 0 aromatic carbocycles. The van der Waals surface area contributed by atoms with E-state index in [-0.39, 0.29) is 5.56 Å². The first kappa shape index (κ1) is 13.1.